The van der Waals surface area contributed by atoms with Crippen molar-refractivity contribution in [3.8, 4) is 0 Å². The first-order valence-electron chi connectivity index (χ1n) is 6.73. The van der Waals surface area contributed by atoms with E-state index in [1.807, 2.05) is 18.2 Å². The summed E-state index contributed by atoms with van der Waals surface area (Å²) in [6, 6.07) is 10.8. The van der Waals surface area contributed by atoms with Gasteiger partial charge in [0.2, 0.25) is 0 Å². The number of thioether (sulfide) groups is 1. The monoisotopic (exact) mass is 341 g/mol. The number of hydrogen-bond donors (Lipinski definition) is 1. The lowest BCUT2D eigenvalue weighted by Gasteiger charge is -2.26. The Hall–Kier alpha value is -0.740. The molecular formula is C16H14Cl2FNS. The summed E-state index contributed by atoms with van der Waals surface area (Å²) in [7, 11) is 0. The SMILES string of the molecule is Fc1ccc2c(c1)C(NCc1ccc(Cl)c(Cl)c1)CCS2. The Morgan fingerprint density at radius 3 is 2.81 bits per heavy atom. The van der Waals surface area contributed by atoms with Gasteiger partial charge in [-0.25, -0.2) is 4.39 Å². The van der Waals surface area contributed by atoms with E-state index in [2.05, 4.69) is 5.32 Å². The van der Waals surface area contributed by atoms with Crippen LogP contribution in [0.4, 0.5) is 4.39 Å². The zero-order valence-corrected chi connectivity index (χ0v) is 13.5. The number of nitrogens with one attached hydrogen (secondary N) is 1. The molecule has 0 radical (unpaired) electrons. The van der Waals surface area contributed by atoms with Gasteiger partial charge in [-0.05, 0) is 53.6 Å². The van der Waals surface area contributed by atoms with Crippen molar-refractivity contribution in [2.45, 2.75) is 23.9 Å². The minimum Gasteiger partial charge on any atom is -0.306 e. The first kappa shape index (κ1) is 15.2. The largest absolute Gasteiger partial charge is 0.306 e. The summed E-state index contributed by atoms with van der Waals surface area (Å²) in [5, 5.41) is 4.60. The van der Waals surface area contributed by atoms with Crippen LogP contribution in [0.2, 0.25) is 10.0 Å². The molecule has 0 spiro atoms. The molecule has 1 aliphatic heterocycles. The van der Waals surface area contributed by atoms with E-state index in [-0.39, 0.29) is 11.9 Å². The van der Waals surface area contributed by atoms with E-state index in [4.69, 9.17) is 23.2 Å². The number of halogens is 3. The van der Waals surface area contributed by atoms with Crippen molar-refractivity contribution in [3.63, 3.8) is 0 Å². The molecular weight excluding hydrogens is 328 g/mol. The molecule has 0 saturated heterocycles. The summed E-state index contributed by atoms with van der Waals surface area (Å²) in [6.07, 6.45) is 0.989. The van der Waals surface area contributed by atoms with Crippen LogP contribution >= 0.6 is 35.0 Å². The third-order valence-corrected chi connectivity index (χ3v) is 5.41. The van der Waals surface area contributed by atoms with E-state index in [0.29, 0.717) is 16.6 Å². The Kier molecular flexibility index (Phi) is 4.75. The zero-order chi connectivity index (χ0) is 14.8. The lowest BCUT2D eigenvalue weighted by atomic mass is 10.0. The van der Waals surface area contributed by atoms with Gasteiger partial charge in [0.1, 0.15) is 5.82 Å². The van der Waals surface area contributed by atoms with Crippen molar-refractivity contribution >= 4 is 35.0 Å². The highest BCUT2D eigenvalue weighted by molar-refractivity contribution is 7.99. The summed E-state index contributed by atoms with van der Waals surface area (Å²) >= 11 is 13.7. The maximum atomic E-state index is 13.5. The Balaban J connectivity index is 1.74. The topological polar surface area (TPSA) is 12.0 Å². The number of fused-ring (bicyclic) bond motifs is 1. The molecule has 2 aromatic carbocycles. The highest BCUT2D eigenvalue weighted by atomic mass is 35.5. The van der Waals surface area contributed by atoms with Gasteiger partial charge < -0.3 is 5.32 Å². The summed E-state index contributed by atoms with van der Waals surface area (Å²) < 4.78 is 13.5. The fourth-order valence-corrected chi connectivity index (χ4v) is 3.89. The summed E-state index contributed by atoms with van der Waals surface area (Å²) in [6.45, 7) is 0.683. The molecule has 0 aromatic heterocycles. The lowest BCUT2D eigenvalue weighted by Crippen LogP contribution is -2.24. The summed E-state index contributed by atoms with van der Waals surface area (Å²) in [5.41, 5.74) is 2.12. The van der Waals surface area contributed by atoms with E-state index >= 15 is 0 Å². The molecule has 1 atom stereocenters. The molecule has 0 aliphatic carbocycles. The van der Waals surface area contributed by atoms with Gasteiger partial charge in [-0.2, -0.15) is 0 Å². The molecule has 3 rings (SSSR count). The third-order valence-electron chi connectivity index (χ3n) is 3.55. The van der Waals surface area contributed by atoms with Gasteiger partial charge in [-0.1, -0.05) is 29.3 Å². The van der Waals surface area contributed by atoms with Crippen molar-refractivity contribution in [1.29, 1.82) is 0 Å². The van der Waals surface area contributed by atoms with Gasteiger partial charge in [-0.3, -0.25) is 0 Å². The Labute approximate surface area is 137 Å². The van der Waals surface area contributed by atoms with E-state index in [0.717, 1.165) is 28.2 Å². The maximum absolute atomic E-state index is 13.5. The molecule has 2 aromatic rings. The molecule has 21 heavy (non-hydrogen) atoms. The third kappa shape index (κ3) is 3.54. The maximum Gasteiger partial charge on any atom is 0.123 e. The molecule has 1 heterocycles. The Morgan fingerprint density at radius 2 is 2.00 bits per heavy atom. The lowest BCUT2D eigenvalue weighted by molar-refractivity contribution is 0.504. The first-order chi connectivity index (χ1) is 10.1. The average Bonchev–Trinajstić information content (AvgIpc) is 2.48. The summed E-state index contributed by atoms with van der Waals surface area (Å²) in [5.74, 6) is 0.857. The van der Waals surface area contributed by atoms with Crippen LogP contribution in [0.5, 0.6) is 0 Å². The average molecular weight is 342 g/mol. The van der Waals surface area contributed by atoms with Gasteiger partial charge in [-0.15, -0.1) is 11.8 Å². The second-order valence-electron chi connectivity index (χ2n) is 5.00. The highest BCUT2D eigenvalue weighted by Crippen LogP contribution is 2.36. The van der Waals surface area contributed by atoms with Crippen LogP contribution in [0, 0.1) is 5.82 Å². The molecule has 1 nitrogen and oxygen atoms in total. The molecule has 1 unspecified atom stereocenters. The zero-order valence-electron chi connectivity index (χ0n) is 11.2. The smallest absolute Gasteiger partial charge is 0.123 e. The number of benzene rings is 2. The minimum absolute atomic E-state index is 0.173. The van der Waals surface area contributed by atoms with Crippen LogP contribution in [0.1, 0.15) is 23.6 Å². The van der Waals surface area contributed by atoms with Crippen LogP contribution in [0.15, 0.2) is 41.3 Å². The predicted octanol–water partition coefficient (Wildman–Crippen LogP) is 5.46. The van der Waals surface area contributed by atoms with Gasteiger partial charge >= 0.3 is 0 Å². The van der Waals surface area contributed by atoms with Crippen LogP contribution < -0.4 is 5.32 Å². The number of rotatable bonds is 3. The minimum atomic E-state index is -0.183. The van der Waals surface area contributed by atoms with Crippen molar-refractivity contribution < 1.29 is 4.39 Å². The molecule has 0 bridgehead atoms. The quantitative estimate of drug-likeness (QED) is 0.795. The predicted molar refractivity (Wildman–Crippen MR) is 87.8 cm³/mol. The summed E-state index contributed by atoms with van der Waals surface area (Å²) in [4.78, 5) is 1.16. The fourth-order valence-electron chi connectivity index (χ4n) is 2.47. The second kappa shape index (κ2) is 6.57. The van der Waals surface area contributed by atoms with Crippen molar-refractivity contribution in [2.24, 2.45) is 0 Å². The number of hydrogen-bond acceptors (Lipinski definition) is 2. The molecule has 5 heteroatoms. The Bertz CT molecular complexity index is 663. The molecule has 1 aliphatic rings. The van der Waals surface area contributed by atoms with Crippen LogP contribution in [-0.4, -0.2) is 5.75 Å². The van der Waals surface area contributed by atoms with Gasteiger partial charge in [0.05, 0.1) is 10.0 Å². The van der Waals surface area contributed by atoms with Gasteiger partial charge in [0.25, 0.3) is 0 Å². The van der Waals surface area contributed by atoms with Crippen molar-refractivity contribution in [3.05, 3.63) is 63.4 Å². The van der Waals surface area contributed by atoms with E-state index in [9.17, 15) is 4.39 Å². The Morgan fingerprint density at radius 1 is 1.14 bits per heavy atom. The highest BCUT2D eigenvalue weighted by Gasteiger charge is 2.20. The van der Waals surface area contributed by atoms with Crippen LogP contribution in [0.25, 0.3) is 0 Å². The van der Waals surface area contributed by atoms with Crippen LogP contribution in [-0.2, 0) is 6.54 Å². The second-order valence-corrected chi connectivity index (χ2v) is 6.95. The first-order valence-corrected chi connectivity index (χ1v) is 8.47. The molecule has 1 N–H and O–H groups in total. The van der Waals surface area contributed by atoms with E-state index in [1.54, 1.807) is 23.9 Å². The van der Waals surface area contributed by atoms with Gasteiger partial charge in [0.15, 0.2) is 0 Å². The molecule has 0 fully saturated rings. The van der Waals surface area contributed by atoms with E-state index < -0.39 is 0 Å². The van der Waals surface area contributed by atoms with Gasteiger partial charge in [0, 0.05) is 17.5 Å². The van der Waals surface area contributed by atoms with Crippen LogP contribution in [0.3, 0.4) is 0 Å². The fraction of sp³-hybridized carbons (Fsp3) is 0.250. The van der Waals surface area contributed by atoms with Crippen molar-refractivity contribution in [1.82, 2.24) is 5.32 Å². The molecule has 0 saturated carbocycles. The molecule has 110 valence electrons. The molecule has 0 amide bonds. The normalized spacial score (nSPS) is 17.6. The standard InChI is InChI=1S/C16H14Cl2FNS/c17-13-3-1-10(7-14(13)18)9-20-15-5-6-21-16-4-2-11(19)8-12(15)16/h1-4,7-8,15,20H,5-6,9H2. The van der Waals surface area contributed by atoms with E-state index in [1.165, 1.54) is 6.07 Å². The van der Waals surface area contributed by atoms with Crippen molar-refractivity contribution in [2.75, 3.05) is 5.75 Å².